The van der Waals surface area contributed by atoms with E-state index >= 15 is 0 Å². The van der Waals surface area contributed by atoms with Gasteiger partial charge in [-0.25, -0.2) is 22.0 Å². The molecule has 9 heteroatoms. The number of ether oxygens (including phenoxy) is 1. The Morgan fingerprint density at radius 3 is 2.35 bits per heavy atom. The molecule has 5 nitrogen and oxygen atoms in total. The third-order valence-corrected chi connectivity index (χ3v) is 5.58. The van der Waals surface area contributed by atoms with E-state index in [1.165, 1.54) is 17.4 Å². The van der Waals surface area contributed by atoms with Crippen LogP contribution in [0.1, 0.15) is 20.1 Å². The molecule has 0 aliphatic carbocycles. The molecule has 2 rings (SSSR count). The highest BCUT2D eigenvalue weighted by Gasteiger charge is 2.23. The highest BCUT2D eigenvalue weighted by Crippen LogP contribution is 2.28. The van der Waals surface area contributed by atoms with E-state index in [2.05, 4.69) is 4.74 Å². The lowest BCUT2D eigenvalue weighted by atomic mass is 10.2. The molecule has 1 aromatic carbocycles. The Morgan fingerprint density at radius 1 is 1.17 bits per heavy atom. The topological polar surface area (TPSA) is 72.5 Å². The van der Waals surface area contributed by atoms with Gasteiger partial charge in [0.15, 0.2) is 0 Å². The van der Waals surface area contributed by atoms with E-state index < -0.39 is 38.9 Å². The molecule has 0 atom stereocenters. The highest BCUT2D eigenvalue weighted by atomic mass is 32.2. The third kappa shape index (κ3) is 3.50. The maximum absolute atomic E-state index is 13.8. The third-order valence-electron chi connectivity index (χ3n) is 2.99. The average molecular weight is 361 g/mol. The molecular formula is C14H13F2NO4S2. The lowest BCUT2D eigenvalue weighted by Gasteiger charge is -2.10. The van der Waals surface area contributed by atoms with Crippen LogP contribution < -0.4 is 4.72 Å². The van der Waals surface area contributed by atoms with Gasteiger partial charge in [-0.1, -0.05) is 0 Å². The number of carbonyl (C=O) groups is 1. The second kappa shape index (κ2) is 6.25. The fraction of sp³-hybridized carbons (Fsp3) is 0.214. The summed E-state index contributed by atoms with van der Waals surface area (Å²) in [6.45, 7) is 3.36. The SMILES string of the molecule is COC(=O)c1cc(NS(=O)(=O)c2cc(C)sc2C)c(F)cc1F. The number of esters is 1. The van der Waals surface area contributed by atoms with E-state index in [4.69, 9.17) is 0 Å². The second-order valence-electron chi connectivity index (χ2n) is 4.69. The first-order chi connectivity index (χ1) is 10.7. The van der Waals surface area contributed by atoms with E-state index in [-0.39, 0.29) is 4.90 Å². The van der Waals surface area contributed by atoms with Crippen molar-refractivity contribution >= 4 is 33.0 Å². The van der Waals surface area contributed by atoms with Gasteiger partial charge < -0.3 is 4.74 Å². The Hall–Kier alpha value is -2.00. The van der Waals surface area contributed by atoms with Crippen molar-refractivity contribution in [3.05, 3.63) is 45.2 Å². The van der Waals surface area contributed by atoms with Gasteiger partial charge in [-0.15, -0.1) is 11.3 Å². The van der Waals surface area contributed by atoms with E-state index in [9.17, 15) is 22.0 Å². The smallest absolute Gasteiger partial charge is 0.340 e. The quantitative estimate of drug-likeness (QED) is 0.849. The number of hydrogen-bond acceptors (Lipinski definition) is 5. The number of benzene rings is 1. The van der Waals surface area contributed by atoms with Crippen LogP contribution in [0.2, 0.25) is 0 Å². The van der Waals surface area contributed by atoms with Gasteiger partial charge in [0.1, 0.15) is 16.5 Å². The van der Waals surface area contributed by atoms with Crippen molar-refractivity contribution in [3.63, 3.8) is 0 Å². The Kier molecular flexibility index (Phi) is 4.71. The Labute approximate surface area is 136 Å². The summed E-state index contributed by atoms with van der Waals surface area (Å²) in [6.07, 6.45) is 0. The predicted octanol–water partition coefficient (Wildman–Crippen LogP) is 3.23. The summed E-state index contributed by atoms with van der Waals surface area (Å²) in [5.41, 5.74) is -1.10. The number of hydrogen-bond donors (Lipinski definition) is 1. The van der Waals surface area contributed by atoms with Crippen LogP contribution in [0.5, 0.6) is 0 Å². The number of thiophene rings is 1. The van der Waals surface area contributed by atoms with Gasteiger partial charge in [-0.05, 0) is 26.0 Å². The summed E-state index contributed by atoms with van der Waals surface area (Å²) in [7, 11) is -3.03. The van der Waals surface area contributed by atoms with Crippen molar-refractivity contribution in [1.82, 2.24) is 0 Å². The molecule has 0 bridgehead atoms. The first-order valence-corrected chi connectivity index (χ1v) is 8.63. The molecule has 0 spiro atoms. The van der Waals surface area contributed by atoms with Gasteiger partial charge in [-0.3, -0.25) is 4.72 Å². The lowest BCUT2D eigenvalue weighted by Crippen LogP contribution is -2.15. The second-order valence-corrected chi connectivity index (χ2v) is 7.80. The molecule has 2 aromatic rings. The summed E-state index contributed by atoms with van der Waals surface area (Å²) in [5, 5.41) is 0. The van der Waals surface area contributed by atoms with Crippen molar-refractivity contribution < 1.29 is 26.7 Å². The zero-order valence-corrected chi connectivity index (χ0v) is 14.1. The van der Waals surface area contributed by atoms with Gasteiger partial charge in [0, 0.05) is 15.8 Å². The molecule has 0 aliphatic heterocycles. The van der Waals surface area contributed by atoms with Crippen molar-refractivity contribution in [2.75, 3.05) is 11.8 Å². The predicted molar refractivity (Wildman–Crippen MR) is 82.3 cm³/mol. The fourth-order valence-corrected chi connectivity index (χ4v) is 4.58. The first kappa shape index (κ1) is 17.4. The number of rotatable bonds is 4. The van der Waals surface area contributed by atoms with Crippen LogP contribution in [0.3, 0.4) is 0 Å². The molecule has 124 valence electrons. The van der Waals surface area contributed by atoms with E-state index in [0.717, 1.165) is 18.1 Å². The molecule has 0 radical (unpaired) electrons. The van der Waals surface area contributed by atoms with Crippen LogP contribution in [0.15, 0.2) is 23.1 Å². The van der Waals surface area contributed by atoms with Crippen molar-refractivity contribution in [1.29, 1.82) is 0 Å². The van der Waals surface area contributed by atoms with Crippen molar-refractivity contribution in [2.24, 2.45) is 0 Å². The minimum Gasteiger partial charge on any atom is -0.465 e. The van der Waals surface area contributed by atoms with Gasteiger partial charge in [0.2, 0.25) is 0 Å². The normalized spacial score (nSPS) is 11.3. The summed E-state index contributed by atoms with van der Waals surface area (Å²) in [5.74, 6) is -3.31. The maximum atomic E-state index is 13.8. The lowest BCUT2D eigenvalue weighted by molar-refractivity contribution is 0.0595. The Morgan fingerprint density at radius 2 is 1.83 bits per heavy atom. The van der Waals surface area contributed by atoms with Crippen LogP contribution in [-0.4, -0.2) is 21.5 Å². The van der Waals surface area contributed by atoms with Crippen molar-refractivity contribution in [3.8, 4) is 0 Å². The van der Waals surface area contributed by atoms with Crippen LogP contribution in [0, 0.1) is 25.5 Å². The van der Waals surface area contributed by atoms with E-state index in [0.29, 0.717) is 10.9 Å². The van der Waals surface area contributed by atoms with Gasteiger partial charge in [-0.2, -0.15) is 0 Å². The Bertz CT molecular complexity index is 875. The standard InChI is InChI=1S/C14H13F2NO4S2/c1-7-4-13(8(2)22-7)23(19,20)17-12-5-9(14(18)21-3)10(15)6-11(12)16/h4-6,17H,1-3H3. The minimum atomic E-state index is -4.06. The molecule has 1 aromatic heterocycles. The molecule has 1 N–H and O–H groups in total. The van der Waals surface area contributed by atoms with Crippen LogP contribution in [0.4, 0.5) is 14.5 Å². The number of nitrogens with one attached hydrogen (secondary N) is 1. The summed E-state index contributed by atoms with van der Waals surface area (Å²) in [4.78, 5) is 12.7. The van der Waals surface area contributed by atoms with E-state index in [1.807, 2.05) is 4.72 Å². The molecular weight excluding hydrogens is 348 g/mol. The minimum absolute atomic E-state index is 0.00310. The fourth-order valence-electron chi connectivity index (χ4n) is 1.97. The molecule has 0 amide bonds. The molecule has 1 heterocycles. The van der Waals surface area contributed by atoms with Gasteiger partial charge in [0.25, 0.3) is 10.0 Å². The van der Waals surface area contributed by atoms with Crippen LogP contribution >= 0.6 is 11.3 Å². The van der Waals surface area contributed by atoms with E-state index in [1.54, 1.807) is 13.8 Å². The van der Waals surface area contributed by atoms with Crippen molar-refractivity contribution in [2.45, 2.75) is 18.7 Å². The number of carbonyl (C=O) groups excluding carboxylic acids is 1. The number of halogens is 2. The summed E-state index contributed by atoms with van der Waals surface area (Å²) in [6, 6.07) is 2.64. The largest absolute Gasteiger partial charge is 0.465 e. The number of sulfonamides is 1. The summed E-state index contributed by atoms with van der Waals surface area (Å²) >= 11 is 1.28. The van der Waals surface area contributed by atoms with Gasteiger partial charge in [0.05, 0.1) is 18.4 Å². The maximum Gasteiger partial charge on any atom is 0.340 e. The first-order valence-electron chi connectivity index (χ1n) is 6.33. The zero-order chi connectivity index (χ0) is 17.4. The summed E-state index contributed by atoms with van der Waals surface area (Å²) < 4.78 is 58.5. The molecule has 0 fully saturated rings. The molecule has 23 heavy (non-hydrogen) atoms. The van der Waals surface area contributed by atoms with Crippen LogP contribution in [0.25, 0.3) is 0 Å². The number of methoxy groups -OCH3 is 1. The molecule has 0 aliphatic rings. The molecule has 0 unspecified atom stereocenters. The van der Waals surface area contributed by atoms with Gasteiger partial charge >= 0.3 is 5.97 Å². The number of aryl methyl sites for hydroxylation is 2. The average Bonchev–Trinajstić information content (AvgIpc) is 2.80. The Balaban J connectivity index is 2.47. The molecule has 0 saturated carbocycles. The molecule has 0 saturated heterocycles. The monoisotopic (exact) mass is 361 g/mol. The van der Waals surface area contributed by atoms with Crippen LogP contribution in [-0.2, 0) is 14.8 Å². The number of anilines is 1. The zero-order valence-electron chi connectivity index (χ0n) is 12.4. The highest BCUT2D eigenvalue weighted by molar-refractivity contribution is 7.93.